The third-order valence-electron chi connectivity index (χ3n) is 4.36. The van der Waals surface area contributed by atoms with Crippen LogP contribution in [0.5, 0.6) is 11.5 Å². The third kappa shape index (κ3) is 4.77. The lowest BCUT2D eigenvalue weighted by atomic mass is 10.2. The van der Waals surface area contributed by atoms with Crippen LogP contribution in [-0.2, 0) is 4.79 Å². The summed E-state index contributed by atoms with van der Waals surface area (Å²) in [6.07, 6.45) is 0. The molecule has 1 aliphatic heterocycles. The van der Waals surface area contributed by atoms with Crippen LogP contribution in [0, 0.1) is 0 Å². The molecule has 2 aromatic carbocycles. The average Bonchev–Trinajstić information content (AvgIpc) is 2.95. The lowest BCUT2D eigenvalue weighted by Crippen LogP contribution is -2.52. The van der Waals surface area contributed by atoms with E-state index < -0.39 is 0 Å². The van der Waals surface area contributed by atoms with Crippen LogP contribution in [0.3, 0.4) is 0 Å². The van der Waals surface area contributed by atoms with Gasteiger partial charge in [0.05, 0.1) is 5.75 Å². The minimum atomic E-state index is -0.0798. The summed E-state index contributed by atoms with van der Waals surface area (Å²) < 4.78 is 5.96. The maximum absolute atomic E-state index is 12.7. The van der Waals surface area contributed by atoms with Gasteiger partial charge in [-0.1, -0.05) is 35.3 Å². The summed E-state index contributed by atoms with van der Waals surface area (Å²) in [7, 11) is 0. The van der Waals surface area contributed by atoms with Gasteiger partial charge in [-0.15, -0.1) is 11.8 Å². The number of rotatable bonds is 6. The summed E-state index contributed by atoms with van der Waals surface area (Å²) in [6, 6.07) is 13.4. The Morgan fingerprint density at radius 2 is 1.68 bits per heavy atom. The molecule has 0 saturated carbocycles. The SMILES string of the molecule is CC(C)N(C(C)C)N1C(=O)CSC1c1cccc(Oc2cc(Cl)cc(Cl)c2)c1. The van der Waals surface area contributed by atoms with Crippen molar-refractivity contribution in [1.82, 2.24) is 10.0 Å². The van der Waals surface area contributed by atoms with Gasteiger partial charge in [0.25, 0.3) is 0 Å². The summed E-state index contributed by atoms with van der Waals surface area (Å²) in [5.74, 6) is 1.85. The smallest absolute Gasteiger partial charge is 0.248 e. The van der Waals surface area contributed by atoms with Crippen LogP contribution in [0.15, 0.2) is 42.5 Å². The normalized spacial score (nSPS) is 17.2. The van der Waals surface area contributed by atoms with Crippen molar-refractivity contribution < 1.29 is 9.53 Å². The number of amides is 1. The predicted octanol–water partition coefficient (Wildman–Crippen LogP) is 6.39. The largest absolute Gasteiger partial charge is 0.457 e. The number of carbonyl (C=O) groups is 1. The first kappa shape index (κ1) is 21.3. The number of hydrogen-bond donors (Lipinski definition) is 0. The number of halogens is 2. The van der Waals surface area contributed by atoms with Crippen LogP contribution in [0.4, 0.5) is 0 Å². The van der Waals surface area contributed by atoms with E-state index in [1.165, 1.54) is 0 Å². The van der Waals surface area contributed by atoms with Crippen LogP contribution < -0.4 is 4.74 Å². The van der Waals surface area contributed by atoms with Crippen molar-refractivity contribution in [2.45, 2.75) is 45.2 Å². The first-order chi connectivity index (χ1) is 13.3. The van der Waals surface area contributed by atoms with Crippen LogP contribution in [0.25, 0.3) is 0 Å². The zero-order valence-corrected chi connectivity index (χ0v) is 18.7. The number of carbonyl (C=O) groups excluding carboxylic acids is 1. The Labute approximate surface area is 180 Å². The van der Waals surface area contributed by atoms with Crippen LogP contribution >= 0.6 is 35.0 Å². The fourth-order valence-electron chi connectivity index (χ4n) is 3.45. The summed E-state index contributed by atoms with van der Waals surface area (Å²) >= 11 is 13.8. The molecule has 0 N–H and O–H groups in total. The van der Waals surface area contributed by atoms with Crippen molar-refractivity contribution in [3.63, 3.8) is 0 Å². The van der Waals surface area contributed by atoms with E-state index in [0.717, 1.165) is 5.56 Å². The lowest BCUT2D eigenvalue weighted by Gasteiger charge is -2.41. The Balaban J connectivity index is 1.88. The predicted molar refractivity (Wildman–Crippen MR) is 117 cm³/mol. The molecule has 1 fully saturated rings. The third-order valence-corrected chi connectivity index (χ3v) is 6.00. The van der Waals surface area contributed by atoms with E-state index in [1.54, 1.807) is 30.0 Å². The highest BCUT2D eigenvalue weighted by Crippen LogP contribution is 2.42. The minimum Gasteiger partial charge on any atom is -0.457 e. The molecule has 0 radical (unpaired) electrons. The van der Waals surface area contributed by atoms with E-state index in [1.807, 2.05) is 29.3 Å². The average molecular weight is 439 g/mol. The molecule has 1 atom stereocenters. The van der Waals surface area contributed by atoms with Crippen LogP contribution in [0.1, 0.15) is 38.6 Å². The van der Waals surface area contributed by atoms with Gasteiger partial charge in [0, 0.05) is 22.1 Å². The molecule has 0 aromatic heterocycles. The Morgan fingerprint density at radius 3 is 2.29 bits per heavy atom. The Morgan fingerprint density at radius 1 is 1.04 bits per heavy atom. The standard InChI is InChI=1S/C21H24Cl2N2O2S/c1-13(2)24(14(3)4)25-20(26)12-28-21(25)15-6-5-7-18(8-15)27-19-10-16(22)9-17(23)11-19/h5-11,13-14,21H,12H2,1-4H3. The molecule has 1 saturated heterocycles. The van der Waals surface area contributed by atoms with Gasteiger partial charge in [-0.05, 0) is 63.6 Å². The van der Waals surface area contributed by atoms with Gasteiger partial charge in [-0.25, -0.2) is 5.01 Å². The van der Waals surface area contributed by atoms with Gasteiger partial charge in [0.1, 0.15) is 16.9 Å². The molecular weight excluding hydrogens is 415 g/mol. The number of nitrogens with zero attached hydrogens (tertiary/aromatic N) is 2. The van der Waals surface area contributed by atoms with E-state index in [-0.39, 0.29) is 23.4 Å². The van der Waals surface area contributed by atoms with E-state index in [2.05, 4.69) is 32.7 Å². The molecule has 1 unspecified atom stereocenters. The van der Waals surface area contributed by atoms with Gasteiger partial charge in [0.15, 0.2) is 0 Å². The Hall–Kier alpha value is -1.40. The number of ether oxygens (including phenoxy) is 1. The van der Waals surface area contributed by atoms with E-state index in [9.17, 15) is 4.79 Å². The zero-order chi connectivity index (χ0) is 20.4. The molecule has 2 aromatic rings. The van der Waals surface area contributed by atoms with Gasteiger partial charge < -0.3 is 4.74 Å². The van der Waals surface area contributed by atoms with Gasteiger partial charge in [0.2, 0.25) is 5.91 Å². The quantitative estimate of drug-likeness (QED) is 0.522. The summed E-state index contributed by atoms with van der Waals surface area (Å²) in [4.78, 5) is 12.7. The topological polar surface area (TPSA) is 32.8 Å². The number of benzene rings is 2. The highest BCUT2D eigenvalue weighted by molar-refractivity contribution is 8.00. The van der Waals surface area contributed by atoms with Crippen molar-refractivity contribution in [2.75, 3.05) is 5.75 Å². The Kier molecular flexibility index (Phi) is 6.81. The lowest BCUT2D eigenvalue weighted by molar-refractivity contribution is -0.154. The monoisotopic (exact) mass is 438 g/mol. The van der Waals surface area contributed by atoms with Crippen molar-refractivity contribution in [3.8, 4) is 11.5 Å². The second kappa shape index (κ2) is 8.95. The molecule has 0 bridgehead atoms. The number of hydrazine groups is 1. The second-order valence-corrected chi connectivity index (χ2v) is 9.19. The first-order valence-corrected chi connectivity index (χ1v) is 11.0. The maximum atomic E-state index is 12.7. The minimum absolute atomic E-state index is 0.0798. The molecule has 1 heterocycles. The van der Waals surface area contributed by atoms with Crippen molar-refractivity contribution in [2.24, 2.45) is 0 Å². The summed E-state index contributed by atoms with van der Waals surface area (Å²) in [5, 5.41) is 5.01. The highest BCUT2D eigenvalue weighted by atomic mass is 35.5. The molecule has 7 heteroatoms. The molecular formula is C21H24Cl2N2O2S. The number of hydrogen-bond acceptors (Lipinski definition) is 4. The van der Waals surface area contributed by atoms with Crippen molar-refractivity contribution in [1.29, 1.82) is 0 Å². The highest BCUT2D eigenvalue weighted by Gasteiger charge is 2.39. The molecule has 4 nitrogen and oxygen atoms in total. The fraction of sp³-hybridized carbons (Fsp3) is 0.381. The Bertz CT molecular complexity index is 832. The summed E-state index contributed by atoms with van der Waals surface area (Å²) in [6.45, 7) is 8.43. The molecule has 3 rings (SSSR count). The molecule has 1 amide bonds. The molecule has 150 valence electrons. The van der Waals surface area contributed by atoms with Crippen LogP contribution in [0.2, 0.25) is 10.0 Å². The van der Waals surface area contributed by atoms with E-state index in [0.29, 0.717) is 27.3 Å². The second-order valence-electron chi connectivity index (χ2n) is 7.25. The molecule has 28 heavy (non-hydrogen) atoms. The van der Waals surface area contributed by atoms with Crippen LogP contribution in [-0.4, -0.2) is 33.8 Å². The van der Waals surface area contributed by atoms with Gasteiger partial charge in [-0.3, -0.25) is 9.80 Å². The molecule has 1 aliphatic rings. The van der Waals surface area contributed by atoms with Gasteiger partial charge >= 0.3 is 0 Å². The van der Waals surface area contributed by atoms with E-state index >= 15 is 0 Å². The zero-order valence-electron chi connectivity index (χ0n) is 16.4. The number of thioether (sulfide) groups is 1. The molecule has 0 spiro atoms. The fourth-order valence-corrected chi connectivity index (χ4v) is 5.10. The first-order valence-electron chi connectivity index (χ1n) is 9.22. The van der Waals surface area contributed by atoms with Gasteiger partial charge in [-0.2, -0.15) is 0 Å². The maximum Gasteiger partial charge on any atom is 0.248 e. The molecule has 0 aliphatic carbocycles. The van der Waals surface area contributed by atoms with Crippen molar-refractivity contribution >= 4 is 40.9 Å². The van der Waals surface area contributed by atoms with Crippen molar-refractivity contribution in [3.05, 3.63) is 58.1 Å². The van der Waals surface area contributed by atoms with E-state index in [4.69, 9.17) is 27.9 Å². The summed E-state index contributed by atoms with van der Waals surface area (Å²) in [5.41, 5.74) is 1.02.